The molecule has 0 bridgehead atoms. The fourth-order valence-corrected chi connectivity index (χ4v) is 2.51. The zero-order chi connectivity index (χ0) is 13.9. The maximum atomic E-state index is 11.9. The summed E-state index contributed by atoms with van der Waals surface area (Å²) in [5.74, 6) is 0. The molecule has 0 aliphatic heterocycles. The van der Waals surface area contributed by atoms with Crippen molar-refractivity contribution in [2.45, 2.75) is 17.9 Å². The van der Waals surface area contributed by atoms with Crippen LogP contribution in [-0.4, -0.2) is 40.3 Å². The number of anilines is 2. The van der Waals surface area contributed by atoms with Crippen LogP contribution in [0.25, 0.3) is 0 Å². The Kier molecular flexibility index (Phi) is 4.55. The molecule has 0 aliphatic rings. The molecule has 1 aromatic carbocycles. The Labute approximate surface area is 107 Å². The quantitative estimate of drug-likeness (QED) is 0.656. The SMILES string of the molecule is CNS(=O)(=O)c1cc(N)ccc1N(C)C(C)CO. The zero-order valence-corrected chi connectivity index (χ0v) is 11.5. The van der Waals surface area contributed by atoms with Crippen molar-refractivity contribution >= 4 is 21.4 Å². The van der Waals surface area contributed by atoms with E-state index < -0.39 is 10.0 Å². The van der Waals surface area contributed by atoms with Crippen LogP contribution in [0, 0.1) is 0 Å². The Hall–Kier alpha value is -1.31. The van der Waals surface area contributed by atoms with E-state index >= 15 is 0 Å². The third-order valence-electron chi connectivity index (χ3n) is 2.85. The molecule has 0 amide bonds. The van der Waals surface area contributed by atoms with E-state index in [1.807, 2.05) is 0 Å². The number of nitrogen functional groups attached to an aromatic ring is 1. The van der Waals surface area contributed by atoms with Gasteiger partial charge in [-0.1, -0.05) is 0 Å². The molecule has 6 nitrogen and oxygen atoms in total. The van der Waals surface area contributed by atoms with Crippen LogP contribution in [0.2, 0.25) is 0 Å². The molecule has 102 valence electrons. The second kappa shape index (κ2) is 5.55. The second-order valence-corrected chi connectivity index (χ2v) is 5.93. The van der Waals surface area contributed by atoms with Crippen LogP contribution in [0.4, 0.5) is 11.4 Å². The van der Waals surface area contributed by atoms with E-state index in [2.05, 4.69) is 4.72 Å². The Morgan fingerprint density at radius 3 is 2.61 bits per heavy atom. The van der Waals surface area contributed by atoms with Gasteiger partial charge < -0.3 is 15.7 Å². The molecule has 0 saturated carbocycles. The fraction of sp³-hybridized carbons (Fsp3) is 0.455. The van der Waals surface area contributed by atoms with Gasteiger partial charge in [-0.2, -0.15) is 0 Å². The monoisotopic (exact) mass is 273 g/mol. The standard InChI is InChI=1S/C11H19N3O3S/c1-8(7-15)14(3)10-5-4-9(12)6-11(10)18(16,17)13-2/h4-6,8,13,15H,7,12H2,1-3H3. The van der Waals surface area contributed by atoms with E-state index in [1.165, 1.54) is 13.1 Å². The summed E-state index contributed by atoms with van der Waals surface area (Å²) in [6.45, 7) is 1.73. The second-order valence-electron chi connectivity index (χ2n) is 4.08. The fourth-order valence-electron chi connectivity index (χ4n) is 1.51. The highest BCUT2D eigenvalue weighted by Crippen LogP contribution is 2.27. The highest BCUT2D eigenvalue weighted by atomic mass is 32.2. The number of hydrogen-bond donors (Lipinski definition) is 3. The van der Waals surface area contributed by atoms with E-state index in [9.17, 15) is 8.42 Å². The summed E-state index contributed by atoms with van der Waals surface area (Å²) in [6.07, 6.45) is 0. The summed E-state index contributed by atoms with van der Waals surface area (Å²) in [6, 6.07) is 4.47. The summed E-state index contributed by atoms with van der Waals surface area (Å²) in [4.78, 5) is 1.80. The van der Waals surface area contributed by atoms with Crippen LogP contribution in [0.15, 0.2) is 23.1 Å². The van der Waals surface area contributed by atoms with Gasteiger partial charge in [0.05, 0.1) is 12.3 Å². The minimum Gasteiger partial charge on any atom is -0.399 e. The van der Waals surface area contributed by atoms with Crippen LogP contribution in [0.5, 0.6) is 0 Å². The van der Waals surface area contributed by atoms with E-state index in [4.69, 9.17) is 10.8 Å². The molecule has 1 aromatic rings. The van der Waals surface area contributed by atoms with Gasteiger partial charge in [0, 0.05) is 18.8 Å². The van der Waals surface area contributed by atoms with Crippen LogP contribution in [0.3, 0.4) is 0 Å². The summed E-state index contributed by atoms with van der Waals surface area (Å²) in [5.41, 5.74) is 6.50. The van der Waals surface area contributed by atoms with Crippen LogP contribution < -0.4 is 15.4 Å². The highest BCUT2D eigenvalue weighted by Gasteiger charge is 2.21. The Balaban J connectivity index is 3.37. The van der Waals surface area contributed by atoms with Gasteiger partial charge in [0.2, 0.25) is 10.0 Å². The average molecular weight is 273 g/mol. The van der Waals surface area contributed by atoms with Crippen molar-refractivity contribution in [2.24, 2.45) is 0 Å². The van der Waals surface area contributed by atoms with Crippen LogP contribution in [0.1, 0.15) is 6.92 Å². The maximum absolute atomic E-state index is 11.9. The van der Waals surface area contributed by atoms with Gasteiger partial charge in [0.1, 0.15) is 4.90 Å². The molecule has 18 heavy (non-hydrogen) atoms. The van der Waals surface area contributed by atoms with Crippen LogP contribution >= 0.6 is 0 Å². The van der Waals surface area contributed by atoms with Crippen molar-refractivity contribution in [1.29, 1.82) is 0 Å². The number of sulfonamides is 1. The predicted molar refractivity (Wildman–Crippen MR) is 72.1 cm³/mol. The van der Waals surface area contributed by atoms with Gasteiger partial charge in [-0.3, -0.25) is 0 Å². The first-order valence-electron chi connectivity index (χ1n) is 5.50. The summed E-state index contributed by atoms with van der Waals surface area (Å²) >= 11 is 0. The van der Waals surface area contributed by atoms with Crippen molar-refractivity contribution in [3.8, 4) is 0 Å². The lowest BCUT2D eigenvalue weighted by Crippen LogP contribution is -2.33. The van der Waals surface area contributed by atoms with E-state index in [1.54, 1.807) is 31.0 Å². The van der Waals surface area contributed by atoms with Gasteiger partial charge in [-0.05, 0) is 32.2 Å². The van der Waals surface area contributed by atoms with Crippen molar-refractivity contribution in [1.82, 2.24) is 4.72 Å². The number of likely N-dealkylation sites (N-methyl/N-ethyl adjacent to an activating group) is 1. The lowest BCUT2D eigenvalue weighted by Gasteiger charge is -2.27. The summed E-state index contributed by atoms with van der Waals surface area (Å²) in [5, 5.41) is 9.14. The van der Waals surface area contributed by atoms with Crippen molar-refractivity contribution in [2.75, 3.05) is 31.3 Å². The molecule has 0 heterocycles. The highest BCUT2D eigenvalue weighted by molar-refractivity contribution is 7.89. The number of rotatable bonds is 5. The smallest absolute Gasteiger partial charge is 0.242 e. The zero-order valence-electron chi connectivity index (χ0n) is 10.7. The van der Waals surface area contributed by atoms with E-state index in [0.717, 1.165) is 0 Å². The maximum Gasteiger partial charge on any atom is 0.242 e. The molecule has 0 aliphatic carbocycles. The molecule has 0 spiro atoms. The van der Waals surface area contributed by atoms with Gasteiger partial charge in [0.25, 0.3) is 0 Å². The Morgan fingerprint density at radius 2 is 2.11 bits per heavy atom. The molecule has 0 fully saturated rings. The average Bonchev–Trinajstić information content (AvgIpc) is 2.36. The summed E-state index contributed by atoms with van der Waals surface area (Å²) in [7, 11) is -0.523. The normalized spacial score (nSPS) is 13.3. The minimum atomic E-state index is -3.59. The Morgan fingerprint density at radius 1 is 1.50 bits per heavy atom. The number of benzene rings is 1. The van der Waals surface area contributed by atoms with Crippen molar-refractivity contribution in [3.05, 3.63) is 18.2 Å². The number of aliphatic hydroxyl groups is 1. The predicted octanol–water partition coefficient (Wildman–Crippen LogP) is -0.00610. The first-order chi connectivity index (χ1) is 8.33. The van der Waals surface area contributed by atoms with Gasteiger partial charge >= 0.3 is 0 Å². The van der Waals surface area contributed by atoms with Gasteiger partial charge in [-0.25, -0.2) is 13.1 Å². The molecule has 4 N–H and O–H groups in total. The third-order valence-corrected chi connectivity index (χ3v) is 4.29. The lowest BCUT2D eigenvalue weighted by molar-refractivity contribution is 0.270. The number of nitrogens with zero attached hydrogens (tertiary/aromatic N) is 1. The number of aliphatic hydroxyl groups excluding tert-OH is 1. The van der Waals surface area contributed by atoms with Crippen LogP contribution in [-0.2, 0) is 10.0 Å². The van der Waals surface area contributed by atoms with Gasteiger partial charge in [0.15, 0.2) is 0 Å². The van der Waals surface area contributed by atoms with E-state index in [-0.39, 0.29) is 17.5 Å². The lowest BCUT2D eigenvalue weighted by atomic mass is 10.2. The molecule has 1 unspecified atom stereocenters. The number of hydrogen-bond acceptors (Lipinski definition) is 5. The molecule has 0 aromatic heterocycles. The first-order valence-corrected chi connectivity index (χ1v) is 6.98. The minimum absolute atomic E-state index is 0.0695. The largest absolute Gasteiger partial charge is 0.399 e. The molecule has 1 rings (SSSR count). The summed E-state index contributed by atoms with van der Waals surface area (Å²) < 4.78 is 26.1. The van der Waals surface area contributed by atoms with E-state index in [0.29, 0.717) is 11.4 Å². The molecule has 1 atom stereocenters. The molecule has 0 radical (unpaired) electrons. The number of nitrogens with two attached hydrogens (primary N) is 1. The van der Waals surface area contributed by atoms with Crippen molar-refractivity contribution < 1.29 is 13.5 Å². The topological polar surface area (TPSA) is 95.7 Å². The molecular weight excluding hydrogens is 254 g/mol. The van der Waals surface area contributed by atoms with Crippen molar-refractivity contribution in [3.63, 3.8) is 0 Å². The molecule has 7 heteroatoms. The van der Waals surface area contributed by atoms with Gasteiger partial charge in [-0.15, -0.1) is 0 Å². The number of nitrogens with one attached hydrogen (secondary N) is 1. The third kappa shape index (κ3) is 2.92. The first kappa shape index (κ1) is 14.7. The molecule has 0 saturated heterocycles. The molecular formula is C11H19N3O3S. The Bertz CT molecular complexity index is 516.